The van der Waals surface area contributed by atoms with Gasteiger partial charge in [0, 0.05) is 0 Å². The molecular weight excluding hydrogens is 194 g/mol. The maximum atomic E-state index is 5.56. The Morgan fingerprint density at radius 2 is 1.36 bits per heavy atom. The first-order chi connectivity index (χ1) is 5.06. The fourth-order valence-corrected chi connectivity index (χ4v) is 6.96. The summed E-state index contributed by atoms with van der Waals surface area (Å²) in [4.78, 5) is 2.75. The van der Waals surface area contributed by atoms with Gasteiger partial charge in [0.05, 0.1) is 0 Å². The molecule has 0 N–H and O–H groups in total. The molecule has 0 aromatic heterocycles. The molecule has 0 saturated carbocycles. The zero-order valence-electron chi connectivity index (χ0n) is 8.55. The molecule has 2 heteroatoms. The topological polar surface area (TPSA) is 9.23 Å². The fraction of sp³-hybridized carbons (Fsp3) is 1.00. The molecule has 1 nitrogen and oxygen atoms in total. The van der Waals surface area contributed by atoms with Gasteiger partial charge in [0.1, 0.15) is 0 Å². The van der Waals surface area contributed by atoms with Crippen molar-refractivity contribution in [2.75, 3.05) is 7.11 Å². The van der Waals surface area contributed by atoms with Crippen molar-refractivity contribution in [2.45, 2.75) is 37.6 Å². The van der Waals surface area contributed by atoms with E-state index in [1.807, 2.05) is 7.11 Å². The Bertz CT molecular complexity index is 81.6. The van der Waals surface area contributed by atoms with Crippen molar-refractivity contribution in [2.24, 2.45) is 11.8 Å². The number of rotatable bonds is 5. The Morgan fingerprint density at radius 1 is 1.00 bits per heavy atom. The molecule has 0 saturated heterocycles. The summed E-state index contributed by atoms with van der Waals surface area (Å²) in [5.41, 5.74) is 0. The minimum atomic E-state index is -1.28. The van der Waals surface area contributed by atoms with E-state index in [4.69, 9.17) is 3.53 Å². The van der Waals surface area contributed by atoms with Crippen LogP contribution in [0, 0.1) is 11.8 Å². The third kappa shape index (κ3) is 6.97. The first-order valence-corrected chi connectivity index (χ1v) is 9.00. The van der Waals surface area contributed by atoms with Gasteiger partial charge in [-0.15, -0.1) is 0 Å². The minimum absolute atomic E-state index is 0.832. The second-order valence-corrected chi connectivity index (χ2v) is 9.69. The first kappa shape index (κ1) is 11.6. The molecule has 0 fully saturated rings. The van der Waals surface area contributed by atoms with Gasteiger partial charge in [-0.1, -0.05) is 0 Å². The molecule has 0 aromatic carbocycles. The molecule has 11 heavy (non-hydrogen) atoms. The van der Waals surface area contributed by atoms with Crippen LogP contribution in [0.5, 0.6) is 0 Å². The predicted molar refractivity (Wildman–Crippen MR) is 52.1 cm³/mol. The summed E-state index contributed by atoms with van der Waals surface area (Å²) in [6, 6.07) is 0. The summed E-state index contributed by atoms with van der Waals surface area (Å²) in [5.74, 6) is 1.66. The van der Waals surface area contributed by atoms with Crippen molar-refractivity contribution < 1.29 is 3.53 Å². The Morgan fingerprint density at radius 3 is 1.55 bits per heavy atom. The van der Waals surface area contributed by atoms with Crippen LogP contribution < -0.4 is 0 Å². The summed E-state index contributed by atoms with van der Waals surface area (Å²) >= 11 is -1.28. The van der Waals surface area contributed by atoms with Crippen LogP contribution in [0.2, 0.25) is 9.95 Å². The SMILES string of the molecule is C[O][Ga]([CH2]C(C)C)[CH2]C(C)C. The van der Waals surface area contributed by atoms with Crippen LogP contribution in [0.15, 0.2) is 0 Å². The van der Waals surface area contributed by atoms with E-state index in [2.05, 4.69) is 27.7 Å². The van der Waals surface area contributed by atoms with Gasteiger partial charge < -0.3 is 0 Å². The quantitative estimate of drug-likeness (QED) is 0.640. The third-order valence-electron chi connectivity index (χ3n) is 1.80. The van der Waals surface area contributed by atoms with Gasteiger partial charge in [0.25, 0.3) is 0 Å². The Kier molecular flexibility index (Phi) is 6.48. The van der Waals surface area contributed by atoms with E-state index in [-0.39, 0.29) is 0 Å². The van der Waals surface area contributed by atoms with E-state index >= 15 is 0 Å². The van der Waals surface area contributed by atoms with Crippen LogP contribution in [0.3, 0.4) is 0 Å². The summed E-state index contributed by atoms with van der Waals surface area (Å²) in [6.45, 7) is 9.16. The fourth-order valence-electron chi connectivity index (χ4n) is 1.34. The van der Waals surface area contributed by atoms with Gasteiger partial charge in [-0.05, 0) is 0 Å². The van der Waals surface area contributed by atoms with Gasteiger partial charge in [0.2, 0.25) is 0 Å². The summed E-state index contributed by atoms with van der Waals surface area (Å²) in [6.07, 6.45) is 0. The molecule has 0 aliphatic heterocycles. The zero-order valence-corrected chi connectivity index (χ0v) is 11.0. The van der Waals surface area contributed by atoms with Crippen LogP contribution in [0.1, 0.15) is 27.7 Å². The van der Waals surface area contributed by atoms with Crippen molar-refractivity contribution in [3.8, 4) is 0 Å². The molecule has 0 atom stereocenters. The van der Waals surface area contributed by atoms with E-state index < -0.39 is 16.6 Å². The first-order valence-electron chi connectivity index (χ1n) is 4.59. The number of hydrogen-bond donors (Lipinski definition) is 0. The standard InChI is InChI=1S/2C4H9.CH3O.Ga/c2*1-4(2)3;1-2;/h2*4H,1H2,2-3H3;1H3;/q;;-1;+1. The average molecular weight is 215 g/mol. The average Bonchev–Trinajstić information content (AvgIpc) is 1.84. The van der Waals surface area contributed by atoms with Crippen molar-refractivity contribution in [3.05, 3.63) is 0 Å². The summed E-state index contributed by atoms with van der Waals surface area (Å²) < 4.78 is 5.56. The Balaban J connectivity index is 3.58. The zero-order chi connectivity index (χ0) is 8.85. The normalized spacial score (nSPS) is 11.2. The molecule has 0 spiro atoms. The molecular formula is C9H21GaO. The monoisotopic (exact) mass is 214 g/mol. The van der Waals surface area contributed by atoms with Gasteiger partial charge in [0.15, 0.2) is 0 Å². The Labute approximate surface area is 77.0 Å². The van der Waals surface area contributed by atoms with Crippen molar-refractivity contribution in [3.63, 3.8) is 0 Å². The van der Waals surface area contributed by atoms with E-state index in [0.29, 0.717) is 0 Å². The molecule has 0 bridgehead atoms. The molecule has 0 unspecified atom stereocenters. The van der Waals surface area contributed by atoms with E-state index in [1.165, 1.54) is 9.95 Å². The number of hydrogen-bond acceptors (Lipinski definition) is 1. The second kappa shape index (κ2) is 6.15. The van der Waals surface area contributed by atoms with Gasteiger partial charge in [-0.3, -0.25) is 0 Å². The van der Waals surface area contributed by atoms with E-state index in [9.17, 15) is 0 Å². The predicted octanol–water partition coefficient (Wildman–Crippen LogP) is 2.94. The molecule has 0 amide bonds. The van der Waals surface area contributed by atoms with E-state index in [1.54, 1.807) is 0 Å². The van der Waals surface area contributed by atoms with Crippen molar-refractivity contribution in [1.29, 1.82) is 0 Å². The molecule has 0 aliphatic carbocycles. The van der Waals surface area contributed by atoms with Crippen molar-refractivity contribution >= 4 is 16.6 Å². The van der Waals surface area contributed by atoms with Crippen LogP contribution in [-0.4, -0.2) is 23.7 Å². The van der Waals surface area contributed by atoms with Gasteiger partial charge in [-0.25, -0.2) is 0 Å². The summed E-state index contributed by atoms with van der Waals surface area (Å²) in [7, 11) is 1.90. The third-order valence-corrected chi connectivity index (χ3v) is 9.36. The van der Waals surface area contributed by atoms with Gasteiger partial charge >= 0.3 is 76.7 Å². The van der Waals surface area contributed by atoms with Crippen LogP contribution in [-0.2, 0) is 3.53 Å². The Hall–Kier alpha value is 0.596. The molecule has 0 radical (unpaired) electrons. The van der Waals surface area contributed by atoms with Crippen LogP contribution >= 0.6 is 0 Å². The van der Waals surface area contributed by atoms with Gasteiger partial charge in [-0.2, -0.15) is 0 Å². The van der Waals surface area contributed by atoms with Crippen molar-refractivity contribution in [1.82, 2.24) is 0 Å². The maximum absolute atomic E-state index is 5.56. The van der Waals surface area contributed by atoms with E-state index in [0.717, 1.165) is 11.8 Å². The second-order valence-electron chi connectivity index (χ2n) is 4.12. The molecule has 0 aliphatic rings. The molecule has 0 rings (SSSR count). The molecule has 0 aromatic rings. The van der Waals surface area contributed by atoms with Crippen LogP contribution in [0.25, 0.3) is 0 Å². The molecule has 0 heterocycles. The summed E-state index contributed by atoms with van der Waals surface area (Å²) in [5, 5.41) is 0. The molecule has 66 valence electrons. The van der Waals surface area contributed by atoms with Crippen LogP contribution in [0.4, 0.5) is 0 Å².